The molecule has 9 rings (SSSR count). The predicted molar refractivity (Wildman–Crippen MR) is 266 cm³/mol. The minimum Gasteiger partial charge on any atom is -0.469 e. The first-order valence-electron chi connectivity index (χ1n) is 23.6. The van der Waals surface area contributed by atoms with Crippen molar-refractivity contribution in [2.24, 2.45) is 11.8 Å². The molecule has 1 spiro atoms. The van der Waals surface area contributed by atoms with E-state index in [0.29, 0.717) is 28.2 Å². The smallest absolute Gasteiger partial charge is 0.469 e. The number of hydrogen-bond donors (Lipinski definition) is 4. The van der Waals surface area contributed by atoms with Crippen LogP contribution in [0.25, 0.3) is 33.8 Å². The van der Waals surface area contributed by atoms with Crippen LogP contribution < -0.4 is 24.9 Å². The molecule has 4 bridgehead atoms. The summed E-state index contributed by atoms with van der Waals surface area (Å²) in [6.07, 6.45) is 1.21. The highest BCUT2D eigenvalue weighted by Gasteiger charge is 2.62. The first kappa shape index (κ1) is 50.3. The number of hydrogen-bond acceptors (Lipinski definition) is 12. The highest BCUT2D eigenvalue weighted by molar-refractivity contribution is 9.10. The summed E-state index contributed by atoms with van der Waals surface area (Å²) in [6, 6.07) is 12.9. The Labute approximate surface area is 418 Å². The van der Waals surface area contributed by atoms with Crippen LogP contribution in [0.2, 0.25) is 16.6 Å². The lowest BCUT2D eigenvalue weighted by molar-refractivity contribution is -0.135. The van der Waals surface area contributed by atoms with E-state index in [9.17, 15) is 31.2 Å². The summed E-state index contributed by atoms with van der Waals surface area (Å²) in [7, 11) is -8.74. The molecule has 15 nitrogen and oxygen atoms in total. The number of benzene rings is 3. The van der Waals surface area contributed by atoms with E-state index in [1.165, 1.54) is 12.3 Å². The lowest BCUT2D eigenvalue weighted by Gasteiger charge is -2.45. The summed E-state index contributed by atoms with van der Waals surface area (Å²) in [5, 5.41) is 10.2. The van der Waals surface area contributed by atoms with Crippen molar-refractivity contribution in [1.82, 2.24) is 25.6 Å². The van der Waals surface area contributed by atoms with Gasteiger partial charge in [-0.3, -0.25) is 9.59 Å². The summed E-state index contributed by atoms with van der Waals surface area (Å²) in [4.78, 5) is 42.6. The molecule has 378 valence electrons. The Hall–Kier alpha value is -5.64. The van der Waals surface area contributed by atoms with E-state index >= 15 is 0 Å². The van der Waals surface area contributed by atoms with Crippen molar-refractivity contribution in [3.8, 4) is 34.4 Å². The zero-order valence-electron chi connectivity index (χ0n) is 40.7. The number of alkyl halides is 3. The third-order valence-corrected chi connectivity index (χ3v) is 21.9. The Kier molecular flexibility index (Phi) is 12.8. The summed E-state index contributed by atoms with van der Waals surface area (Å²) in [5.41, 5.74) is -4.19. The number of amides is 2. The number of H-pyrrole nitrogens is 1. The Bertz CT molecular complexity index is 3150. The van der Waals surface area contributed by atoms with Crippen molar-refractivity contribution in [2.45, 2.75) is 128 Å². The Morgan fingerprint density at radius 2 is 1.65 bits per heavy atom. The van der Waals surface area contributed by atoms with E-state index in [1.54, 1.807) is 30.5 Å². The van der Waals surface area contributed by atoms with Gasteiger partial charge in [0.15, 0.2) is 29.2 Å². The van der Waals surface area contributed by atoms with Gasteiger partial charge in [-0.1, -0.05) is 115 Å². The second-order valence-electron chi connectivity index (χ2n) is 20.2. The van der Waals surface area contributed by atoms with Gasteiger partial charge in [0.05, 0.1) is 11.9 Å². The normalized spacial score (nSPS) is 20.4. The van der Waals surface area contributed by atoms with Crippen molar-refractivity contribution < 1.29 is 53.4 Å². The van der Waals surface area contributed by atoms with Gasteiger partial charge >= 0.3 is 15.6 Å². The standard InChI is InChI=1S/C50H56BrF3N6O9SSi/c1-23(2)39-47-59-41(46-56-22-37(65-46)29-21-55-33-15-12-14-32(51)38(29)33)43(67-47)49-30-13-11-16-36(68-70(63,64)50(52,53)54)40(30)60-48(49)66-35-18-17-28(19-31(35)49)20-34(44(61)58-39)57-45(62)42(24(3)4)69-71(25(5)6,26(7)8)27(9)10/h11-19,21-27,34,39,42,48,55,60H,20H2,1-10H3,(H,57,62)(H,58,61)/t34-,39?,42-,48?,49-/m0/s1. The average molecular weight is 1080 g/mol. The van der Waals surface area contributed by atoms with Gasteiger partial charge in [0, 0.05) is 44.7 Å². The van der Waals surface area contributed by atoms with Crippen LogP contribution in [0.4, 0.5) is 18.9 Å². The van der Waals surface area contributed by atoms with Gasteiger partial charge in [-0.25, -0.2) is 9.97 Å². The second-order valence-corrected chi connectivity index (χ2v) is 28.0. The van der Waals surface area contributed by atoms with Gasteiger partial charge in [-0.2, -0.15) is 21.6 Å². The molecule has 0 radical (unpaired) electrons. The van der Waals surface area contributed by atoms with E-state index in [-0.39, 0.29) is 69.4 Å². The van der Waals surface area contributed by atoms with E-state index in [4.69, 9.17) is 32.1 Å². The summed E-state index contributed by atoms with van der Waals surface area (Å²) in [5.74, 6) is -1.47. The van der Waals surface area contributed by atoms with Crippen LogP contribution in [-0.2, 0) is 36.0 Å². The molecule has 2 amide bonds. The monoisotopic (exact) mass is 1080 g/mol. The van der Waals surface area contributed by atoms with Gasteiger partial charge in [0.2, 0.25) is 31.9 Å². The summed E-state index contributed by atoms with van der Waals surface area (Å²) < 4.78 is 99.6. The van der Waals surface area contributed by atoms with Gasteiger partial charge < -0.3 is 43.1 Å². The zero-order valence-corrected chi connectivity index (χ0v) is 44.1. The van der Waals surface area contributed by atoms with Crippen molar-refractivity contribution in [1.29, 1.82) is 0 Å². The fourth-order valence-electron chi connectivity index (χ4n) is 10.9. The number of carbonyl (C=O) groups is 2. The number of para-hydroxylation sites is 1. The largest absolute Gasteiger partial charge is 0.534 e. The molecule has 3 aliphatic heterocycles. The summed E-state index contributed by atoms with van der Waals surface area (Å²) >= 11 is 3.64. The van der Waals surface area contributed by atoms with Gasteiger partial charge in [-0.15, -0.1) is 0 Å². The summed E-state index contributed by atoms with van der Waals surface area (Å²) in [6.45, 7) is 20.4. The third kappa shape index (κ3) is 8.23. The van der Waals surface area contributed by atoms with Crippen molar-refractivity contribution in [3.05, 3.63) is 99.8 Å². The Morgan fingerprint density at radius 3 is 2.31 bits per heavy atom. The molecular formula is C50H56BrF3N6O9SSi. The molecule has 6 aromatic rings. The van der Waals surface area contributed by atoms with E-state index < -0.39 is 71.3 Å². The number of oxazole rings is 2. The third-order valence-electron chi connectivity index (χ3n) is 14.2. The topological polar surface area (TPSA) is 200 Å². The van der Waals surface area contributed by atoms with E-state index in [2.05, 4.69) is 78.4 Å². The molecule has 3 aromatic carbocycles. The fourth-order valence-corrected chi connectivity index (χ4v) is 17.6. The average Bonchev–Trinajstić information content (AvgIpc) is 4.12. The number of carbonyl (C=O) groups excluding carboxylic acids is 2. The molecular weight excluding hydrogens is 1030 g/mol. The number of ether oxygens (including phenoxy) is 1. The predicted octanol–water partition coefficient (Wildman–Crippen LogP) is 11.0. The molecule has 3 aliphatic rings. The number of anilines is 1. The molecule has 3 aromatic heterocycles. The molecule has 5 atom stereocenters. The maximum absolute atomic E-state index is 14.9. The maximum Gasteiger partial charge on any atom is 0.534 e. The first-order valence-corrected chi connectivity index (χ1v) is 28.0. The number of nitrogens with one attached hydrogen (secondary N) is 4. The molecule has 0 saturated carbocycles. The van der Waals surface area contributed by atoms with Crippen LogP contribution in [0.3, 0.4) is 0 Å². The molecule has 0 aliphatic carbocycles. The van der Waals surface area contributed by atoms with Crippen molar-refractivity contribution >= 4 is 62.8 Å². The van der Waals surface area contributed by atoms with Gasteiger partial charge in [0.25, 0.3) is 0 Å². The molecule has 6 heterocycles. The van der Waals surface area contributed by atoms with Crippen LogP contribution >= 0.6 is 15.9 Å². The van der Waals surface area contributed by atoms with Crippen molar-refractivity contribution in [2.75, 3.05) is 5.32 Å². The zero-order chi connectivity index (χ0) is 51.3. The van der Waals surface area contributed by atoms with Crippen LogP contribution in [-0.4, -0.2) is 67.4 Å². The SMILES string of the molecule is CC(C)C1NC(=O)[C@@H](NC(=O)[C@@H](O[Si](C(C)C)(C(C)C)C(C)C)C(C)C)Cc2ccc3c(c2)[C@@]2(c4cccc(OS(=O)(=O)C(F)(F)F)c4NC2O3)c2oc1nc2-c1ncc(-c2c[nH]c3cccc(Br)c23)o1. The highest BCUT2D eigenvalue weighted by atomic mass is 79.9. The minimum atomic E-state index is -6.14. The number of aromatic amines is 1. The lowest BCUT2D eigenvalue weighted by atomic mass is 9.72. The fraction of sp³-hybridized carbons (Fsp3) is 0.440. The first-order chi connectivity index (χ1) is 33.4. The molecule has 0 fully saturated rings. The Balaban J connectivity index is 1.23. The van der Waals surface area contributed by atoms with Gasteiger partial charge in [0.1, 0.15) is 29.4 Å². The molecule has 0 saturated heterocycles. The van der Waals surface area contributed by atoms with Crippen LogP contribution in [0.15, 0.2) is 80.3 Å². The Morgan fingerprint density at radius 1 is 0.944 bits per heavy atom. The number of halogens is 4. The number of fused-ring (bicyclic) bond motifs is 5. The highest BCUT2D eigenvalue weighted by Crippen LogP contribution is 2.61. The van der Waals surface area contributed by atoms with Crippen LogP contribution in [0, 0.1) is 11.8 Å². The number of rotatable bonds is 13. The van der Waals surface area contributed by atoms with Crippen LogP contribution in [0.5, 0.6) is 11.5 Å². The maximum atomic E-state index is 14.9. The minimum absolute atomic E-state index is 0.0120. The van der Waals surface area contributed by atoms with Gasteiger partial charge in [-0.05, 0) is 58.3 Å². The molecule has 4 N–H and O–H groups in total. The molecule has 71 heavy (non-hydrogen) atoms. The number of nitrogens with zero attached hydrogens (tertiary/aromatic N) is 2. The van der Waals surface area contributed by atoms with E-state index in [1.807, 2.05) is 45.9 Å². The van der Waals surface area contributed by atoms with Crippen molar-refractivity contribution in [3.63, 3.8) is 0 Å². The molecule has 21 heteroatoms. The quantitative estimate of drug-likeness (QED) is 0.0485. The van der Waals surface area contributed by atoms with E-state index in [0.717, 1.165) is 21.4 Å². The number of aromatic nitrogens is 3. The van der Waals surface area contributed by atoms with Crippen LogP contribution in [0.1, 0.15) is 104 Å². The lowest BCUT2D eigenvalue weighted by Crippen LogP contribution is -2.57. The molecule has 2 unspecified atom stereocenters. The second kappa shape index (κ2) is 18.1.